The van der Waals surface area contributed by atoms with Crippen molar-refractivity contribution in [3.63, 3.8) is 0 Å². The summed E-state index contributed by atoms with van der Waals surface area (Å²) >= 11 is 1.43. The summed E-state index contributed by atoms with van der Waals surface area (Å²) in [6, 6.07) is 0. The van der Waals surface area contributed by atoms with Crippen molar-refractivity contribution in [3.8, 4) is 0 Å². The second-order valence-corrected chi connectivity index (χ2v) is 8.91. The number of carboxylic acids is 1. The highest BCUT2D eigenvalue weighted by Crippen LogP contribution is 2.46. The molecule has 0 aliphatic heterocycles. The van der Waals surface area contributed by atoms with E-state index in [2.05, 4.69) is 5.32 Å². The van der Waals surface area contributed by atoms with Crippen molar-refractivity contribution in [1.29, 1.82) is 0 Å². The normalized spacial score (nSPS) is 29.0. The number of hydrogen-bond donors (Lipinski definition) is 3. The van der Waals surface area contributed by atoms with Crippen molar-refractivity contribution in [2.45, 2.75) is 44.9 Å². The number of hydrogen-bond acceptors (Lipinski definition) is 4. The lowest BCUT2D eigenvalue weighted by Gasteiger charge is -2.41. The second kappa shape index (κ2) is 7.11. The van der Waals surface area contributed by atoms with Gasteiger partial charge >= 0.3 is 5.97 Å². The number of carbonyl (C=O) groups is 3. The first kappa shape index (κ1) is 18.2. The summed E-state index contributed by atoms with van der Waals surface area (Å²) in [6.45, 7) is 0. The van der Waals surface area contributed by atoms with Crippen LogP contribution in [0.4, 0.5) is 5.00 Å². The number of aliphatic carboxylic acids is 1. The first-order chi connectivity index (χ1) is 13.0. The molecule has 4 aliphatic carbocycles. The fourth-order valence-corrected chi connectivity index (χ4v) is 6.27. The molecule has 5 rings (SSSR count). The minimum atomic E-state index is -0.925. The summed E-state index contributed by atoms with van der Waals surface area (Å²) in [5, 5.41) is 13.1. The number of rotatable bonds is 4. The van der Waals surface area contributed by atoms with Gasteiger partial charge in [-0.1, -0.05) is 18.6 Å². The van der Waals surface area contributed by atoms with Gasteiger partial charge in [0.25, 0.3) is 5.91 Å². The van der Waals surface area contributed by atoms with Crippen LogP contribution in [-0.2, 0) is 22.4 Å². The van der Waals surface area contributed by atoms with E-state index < -0.39 is 23.7 Å². The lowest BCUT2D eigenvalue weighted by atomic mass is 9.62. The molecule has 4 aliphatic rings. The Morgan fingerprint density at radius 3 is 2.33 bits per heavy atom. The number of fused-ring (bicyclic) bond motifs is 3. The maximum Gasteiger partial charge on any atom is 0.307 e. The van der Waals surface area contributed by atoms with Crippen LogP contribution < -0.4 is 11.1 Å². The molecule has 6 nitrogen and oxygen atoms in total. The first-order valence-corrected chi connectivity index (χ1v) is 10.5. The van der Waals surface area contributed by atoms with Gasteiger partial charge in [0.1, 0.15) is 5.00 Å². The monoisotopic (exact) mass is 388 g/mol. The third-order valence-electron chi connectivity index (χ3n) is 6.24. The molecular weight excluding hydrogens is 364 g/mol. The highest BCUT2D eigenvalue weighted by atomic mass is 32.1. The van der Waals surface area contributed by atoms with Gasteiger partial charge < -0.3 is 16.2 Å². The number of nitrogens with two attached hydrogens (primary N) is 1. The van der Waals surface area contributed by atoms with Gasteiger partial charge in [0, 0.05) is 4.88 Å². The molecule has 1 aromatic rings. The van der Waals surface area contributed by atoms with Crippen LogP contribution in [0.25, 0.3) is 0 Å². The number of carboxylic acid groups (broad SMARTS) is 1. The van der Waals surface area contributed by atoms with Crippen molar-refractivity contribution in [1.82, 2.24) is 0 Å². The molecule has 1 saturated carbocycles. The molecule has 27 heavy (non-hydrogen) atoms. The Kier molecular flexibility index (Phi) is 4.80. The van der Waals surface area contributed by atoms with Gasteiger partial charge in [-0.05, 0) is 55.9 Å². The smallest absolute Gasteiger partial charge is 0.307 e. The first-order valence-electron chi connectivity index (χ1n) is 9.63. The number of aryl methyl sites for hydroxylation is 1. The Labute approximate surface area is 161 Å². The Morgan fingerprint density at radius 1 is 1.04 bits per heavy atom. The number of nitrogens with one attached hydrogen (secondary N) is 1. The average molecular weight is 388 g/mol. The van der Waals surface area contributed by atoms with Crippen LogP contribution in [0.3, 0.4) is 0 Å². The van der Waals surface area contributed by atoms with Crippen molar-refractivity contribution in [2.75, 3.05) is 5.32 Å². The summed E-state index contributed by atoms with van der Waals surface area (Å²) < 4.78 is 0. The number of primary amides is 1. The van der Waals surface area contributed by atoms with Gasteiger partial charge in [-0.25, -0.2) is 0 Å². The van der Waals surface area contributed by atoms with Crippen molar-refractivity contribution < 1.29 is 19.5 Å². The number of anilines is 1. The Hall–Kier alpha value is -2.15. The predicted molar refractivity (Wildman–Crippen MR) is 103 cm³/mol. The van der Waals surface area contributed by atoms with Crippen LogP contribution in [-0.4, -0.2) is 22.9 Å². The summed E-state index contributed by atoms with van der Waals surface area (Å²) in [5.74, 6) is -3.22. The van der Waals surface area contributed by atoms with Gasteiger partial charge in [-0.3, -0.25) is 14.4 Å². The van der Waals surface area contributed by atoms with Crippen LogP contribution >= 0.6 is 11.3 Å². The van der Waals surface area contributed by atoms with E-state index in [9.17, 15) is 19.5 Å². The SMILES string of the molecule is NC(=O)c1c(NC(=O)[C@H]2[C@@H](C(=O)O)[C@H]3C=C[C@@H]2CC3)sc2c1CCCCC2. The van der Waals surface area contributed by atoms with Gasteiger partial charge in [0.05, 0.1) is 17.4 Å². The largest absolute Gasteiger partial charge is 0.481 e. The van der Waals surface area contributed by atoms with Crippen LogP contribution in [0.2, 0.25) is 0 Å². The van der Waals surface area contributed by atoms with E-state index in [1.807, 2.05) is 12.2 Å². The molecule has 144 valence electrons. The molecule has 0 aromatic carbocycles. The van der Waals surface area contributed by atoms with E-state index in [0.717, 1.165) is 55.4 Å². The molecule has 0 spiro atoms. The van der Waals surface area contributed by atoms with Gasteiger partial charge in [0.2, 0.25) is 5.91 Å². The standard InChI is InChI=1S/C20H24N2O4S/c21-17(23)16-12-4-2-1-3-5-13(12)27-19(16)22-18(24)14-10-6-8-11(9-7-10)15(14)20(25)26/h6,8,10-11,14-15H,1-5,7,9H2,(H2,21,23)(H,22,24)(H,25,26)/t10-,11+,14-,15+/m1/s1. The molecule has 2 amide bonds. The minimum Gasteiger partial charge on any atom is -0.481 e. The predicted octanol–water partition coefficient (Wildman–Crippen LogP) is 2.97. The minimum absolute atomic E-state index is 0.0640. The summed E-state index contributed by atoms with van der Waals surface area (Å²) in [6.07, 6.45) is 10.5. The van der Waals surface area contributed by atoms with E-state index >= 15 is 0 Å². The zero-order chi connectivity index (χ0) is 19.1. The van der Waals surface area contributed by atoms with E-state index in [0.29, 0.717) is 10.6 Å². The molecule has 2 bridgehead atoms. The second-order valence-electron chi connectivity index (χ2n) is 7.80. The molecular formula is C20H24N2O4S. The Morgan fingerprint density at radius 2 is 1.70 bits per heavy atom. The van der Waals surface area contributed by atoms with E-state index in [1.165, 1.54) is 11.3 Å². The molecule has 7 heteroatoms. The van der Waals surface area contributed by atoms with Crippen molar-refractivity contribution in [3.05, 3.63) is 28.2 Å². The lowest BCUT2D eigenvalue weighted by Crippen LogP contribution is -2.47. The number of amides is 2. The Balaban J connectivity index is 1.64. The average Bonchev–Trinajstić information content (AvgIpc) is 2.82. The zero-order valence-electron chi connectivity index (χ0n) is 15.1. The molecule has 0 radical (unpaired) electrons. The molecule has 1 aromatic heterocycles. The van der Waals surface area contributed by atoms with E-state index in [-0.39, 0.29) is 17.7 Å². The third kappa shape index (κ3) is 3.18. The van der Waals surface area contributed by atoms with Gasteiger partial charge in [0.15, 0.2) is 0 Å². The fourth-order valence-electron chi connectivity index (χ4n) is 4.97. The van der Waals surface area contributed by atoms with Gasteiger partial charge in [-0.15, -0.1) is 11.3 Å². The summed E-state index contributed by atoms with van der Waals surface area (Å²) in [4.78, 5) is 38.1. The molecule has 4 atom stereocenters. The highest BCUT2D eigenvalue weighted by Gasteiger charge is 2.48. The van der Waals surface area contributed by atoms with Gasteiger partial charge in [-0.2, -0.15) is 0 Å². The van der Waals surface area contributed by atoms with Crippen molar-refractivity contribution >= 4 is 34.1 Å². The zero-order valence-corrected chi connectivity index (χ0v) is 15.9. The molecule has 0 unspecified atom stereocenters. The fraction of sp³-hybridized carbons (Fsp3) is 0.550. The maximum atomic E-state index is 13.1. The number of carbonyl (C=O) groups excluding carboxylic acids is 2. The third-order valence-corrected chi connectivity index (χ3v) is 7.45. The van der Waals surface area contributed by atoms with Crippen LogP contribution in [0.1, 0.15) is 52.9 Å². The van der Waals surface area contributed by atoms with Crippen LogP contribution in [0.5, 0.6) is 0 Å². The molecule has 4 N–H and O–H groups in total. The molecule has 1 fully saturated rings. The summed E-state index contributed by atoms with van der Waals surface area (Å²) in [5.41, 5.74) is 7.03. The molecule has 0 saturated heterocycles. The topological polar surface area (TPSA) is 109 Å². The molecule has 1 heterocycles. The van der Waals surface area contributed by atoms with Crippen molar-refractivity contribution in [2.24, 2.45) is 29.4 Å². The number of thiophene rings is 1. The van der Waals surface area contributed by atoms with E-state index in [4.69, 9.17) is 5.73 Å². The Bertz CT molecular complexity index is 828. The van der Waals surface area contributed by atoms with Crippen LogP contribution in [0.15, 0.2) is 12.2 Å². The summed E-state index contributed by atoms with van der Waals surface area (Å²) in [7, 11) is 0. The lowest BCUT2D eigenvalue weighted by molar-refractivity contribution is -0.151. The van der Waals surface area contributed by atoms with E-state index in [1.54, 1.807) is 0 Å². The van der Waals surface area contributed by atoms with Crippen LogP contribution in [0, 0.1) is 23.7 Å². The quantitative estimate of drug-likeness (QED) is 0.544. The maximum absolute atomic E-state index is 13.1. The number of allylic oxidation sites excluding steroid dienone is 2. The highest BCUT2D eigenvalue weighted by molar-refractivity contribution is 7.17.